The zero-order valence-corrected chi connectivity index (χ0v) is 68.4. The second-order valence-electron chi connectivity index (χ2n) is 37.5. The van der Waals surface area contributed by atoms with Crippen LogP contribution in [0.4, 0.5) is 34.1 Å². The van der Waals surface area contributed by atoms with Crippen LogP contribution in [0.1, 0.15) is 165 Å². The predicted octanol–water partition coefficient (Wildman–Crippen LogP) is 28.0. The Morgan fingerprint density at radius 2 is 0.739 bits per heavy atom. The van der Waals surface area contributed by atoms with E-state index >= 15 is 0 Å². The molecule has 560 valence electrons. The lowest BCUT2D eigenvalue weighted by Crippen LogP contribution is -2.61. The van der Waals surface area contributed by atoms with Crippen LogP contribution in [0.2, 0.25) is 0 Å². The summed E-state index contributed by atoms with van der Waals surface area (Å²) >= 11 is 0. The van der Waals surface area contributed by atoms with E-state index in [0.29, 0.717) is 11.1 Å². The maximum absolute atomic E-state index is 10.3. The van der Waals surface area contributed by atoms with Gasteiger partial charge in [0.05, 0.1) is 38.8 Å². The molecular formula is C111H98BN3. The largest absolute Gasteiger partial charge is 0.311 e. The van der Waals surface area contributed by atoms with Crippen molar-refractivity contribution in [3.05, 3.63) is 371 Å². The molecule has 1 spiro atoms. The molecule has 0 saturated heterocycles. The van der Waals surface area contributed by atoms with E-state index in [-0.39, 0.29) is 73.5 Å². The van der Waals surface area contributed by atoms with Crippen molar-refractivity contribution < 1.29 is 11.0 Å². The van der Waals surface area contributed by atoms with Crippen LogP contribution in [0.3, 0.4) is 0 Å². The number of anilines is 6. The van der Waals surface area contributed by atoms with Gasteiger partial charge in [-0.2, -0.15) is 0 Å². The molecule has 2 aliphatic carbocycles. The van der Waals surface area contributed by atoms with E-state index in [0.717, 1.165) is 134 Å². The zero-order chi connectivity index (χ0) is 86.1. The molecule has 3 heterocycles. The number of rotatable bonds is 8. The fourth-order valence-electron chi connectivity index (χ4n) is 19.2. The molecule has 0 amide bonds. The summed E-state index contributed by atoms with van der Waals surface area (Å²) in [6.45, 7) is 34.1. The van der Waals surface area contributed by atoms with Crippen molar-refractivity contribution >= 4 is 79.0 Å². The highest BCUT2D eigenvalue weighted by atomic mass is 15.2. The first kappa shape index (κ1) is 63.2. The van der Waals surface area contributed by atoms with Gasteiger partial charge in [0, 0.05) is 55.9 Å². The topological polar surface area (TPSA) is 11.4 Å². The van der Waals surface area contributed by atoms with Gasteiger partial charge in [0.2, 0.25) is 0 Å². The normalized spacial score (nSPS) is 14.9. The molecule has 15 aromatic carbocycles. The number of para-hydroxylation sites is 1. The lowest BCUT2D eigenvalue weighted by molar-refractivity contribution is 0.569. The molecule has 4 heteroatoms. The van der Waals surface area contributed by atoms with Gasteiger partial charge in [-0.25, -0.2) is 0 Å². The minimum Gasteiger partial charge on any atom is -0.311 e. The SMILES string of the molecule is [2H]c1c([2H])c([2H])c2c(c1[2H])-c1c([2H])c([2H])c([2H])c([2H])c1C21c2ccccc2-c2cccc(-c3ccc4c(c3)B3c5ccc(-n6c7cc(C(C)(C)C)ccc7c7ccc(C(C)(C)C)cc76)cc5N(c5ccc(C(C)(C)C)cc5-c5ccccc5)c5cc(-c6cc(C(C)(C)C)cc(C(C)(C)C)c6)cc(c53)N4c3c(-c4ccccc4)cccc3-c3ccccc3)c21. The van der Waals surface area contributed by atoms with E-state index < -0.39 is 36.3 Å². The summed E-state index contributed by atoms with van der Waals surface area (Å²) in [5, 5.41) is 2.34. The smallest absolute Gasteiger partial charge is 0.252 e. The lowest BCUT2D eigenvalue weighted by atomic mass is 9.33. The van der Waals surface area contributed by atoms with Crippen molar-refractivity contribution in [3.8, 4) is 83.6 Å². The summed E-state index contributed by atoms with van der Waals surface area (Å²) in [6, 6.07) is 98.1. The van der Waals surface area contributed by atoms with E-state index in [1.54, 1.807) is 0 Å². The average molecular weight is 1490 g/mol. The van der Waals surface area contributed by atoms with Crippen molar-refractivity contribution in [1.29, 1.82) is 0 Å². The highest BCUT2D eigenvalue weighted by Crippen LogP contribution is 2.65. The van der Waals surface area contributed by atoms with E-state index in [9.17, 15) is 11.0 Å². The average Bonchev–Trinajstić information content (AvgIpc) is 1.50. The van der Waals surface area contributed by atoms with Crippen LogP contribution < -0.4 is 26.2 Å². The van der Waals surface area contributed by atoms with Crippen LogP contribution in [0, 0.1) is 0 Å². The second kappa shape index (κ2) is 25.9. The van der Waals surface area contributed by atoms with E-state index in [2.05, 4.69) is 367 Å². The van der Waals surface area contributed by atoms with Crippen LogP contribution in [0.15, 0.2) is 321 Å². The molecule has 115 heavy (non-hydrogen) atoms. The van der Waals surface area contributed by atoms with Crippen molar-refractivity contribution in [2.75, 3.05) is 9.80 Å². The Bertz CT molecular complexity index is 6960. The molecule has 0 bridgehead atoms. The minimum atomic E-state index is -1.68. The monoisotopic (exact) mass is 1490 g/mol. The van der Waals surface area contributed by atoms with Crippen molar-refractivity contribution in [2.45, 2.75) is 136 Å². The molecule has 2 aliphatic heterocycles. The number of fused-ring (bicyclic) bond motifs is 17. The zero-order valence-electron chi connectivity index (χ0n) is 76.4. The van der Waals surface area contributed by atoms with Gasteiger partial charge in [-0.3, -0.25) is 0 Å². The summed E-state index contributed by atoms with van der Waals surface area (Å²) in [5.74, 6) is 0. The molecule has 0 fully saturated rings. The summed E-state index contributed by atoms with van der Waals surface area (Å²) < 4.78 is 80.8. The van der Waals surface area contributed by atoms with E-state index in [1.165, 1.54) is 38.6 Å². The fourth-order valence-corrected chi connectivity index (χ4v) is 19.2. The highest BCUT2D eigenvalue weighted by molar-refractivity contribution is 7.00. The Morgan fingerprint density at radius 1 is 0.278 bits per heavy atom. The maximum atomic E-state index is 10.3. The number of hydrogen-bond acceptors (Lipinski definition) is 2. The Hall–Kier alpha value is -12.2. The molecule has 16 aromatic rings. The molecule has 3 nitrogen and oxygen atoms in total. The van der Waals surface area contributed by atoms with Crippen LogP contribution in [-0.4, -0.2) is 11.3 Å². The summed E-state index contributed by atoms with van der Waals surface area (Å²) in [5.41, 5.74) is 29.2. The highest BCUT2D eigenvalue weighted by Gasteiger charge is 2.53. The number of hydrogen-bond donors (Lipinski definition) is 0. The Morgan fingerprint density at radius 3 is 1.30 bits per heavy atom. The predicted molar refractivity (Wildman–Crippen MR) is 492 cm³/mol. The third-order valence-corrected chi connectivity index (χ3v) is 25.2. The Kier molecular flexibility index (Phi) is 14.2. The van der Waals surface area contributed by atoms with Gasteiger partial charge in [0.1, 0.15) is 0 Å². The maximum Gasteiger partial charge on any atom is 0.252 e. The van der Waals surface area contributed by atoms with Gasteiger partial charge >= 0.3 is 0 Å². The molecule has 1 aromatic heterocycles. The molecule has 0 saturated carbocycles. The molecule has 0 radical (unpaired) electrons. The Balaban J connectivity index is 0.980. The molecule has 0 atom stereocenters. The van der Waals surface area contributed by atoms with Gasteiger partial charge in [-0.15, -0.1) is 0 Å². The summed E-state index contributed by atoms with van der Waals surface area (Å²) in [7, 11) is 0. The quantitative estimate of drug-likeness (QED) is 0.141. The third-order valence-electron chi connectivity index (χ3n) is 25.2. The standard InChI is InChI=1S/C111H98BN3/c1-106(2,3)75-52-58-96(90(65-75)71-37-23-18-24-38-71)114-100-68-80(113-98-66-76(107(4,5)6)50-54-87(98)88-55-51-77(67-99(88)113)108(7,8)9)53-56-94(100)112-95-61-72(81-42-31-45-89-86-41-27-30-48-93(86)111(103(81)89)91-46-28-25-39-84(91)85-40-26-29-47-92(85)111)49-57-97(95)115(105-82(69-33-19-16-20-34-69)43-32-44-83(105)70-35-21-17-22-36-70)102-63-74(62-101(114)104(102)112)73-59-78(109(10,11)12)64-79(60-73)110(13,14)15/h16-68H,1-15H3/i25D,26D,28D,29D,39D,40D,46D,47D. The number of nitrogens with zero attached hydrogens (tertiary/aromatic N) is 3. The fraction of sp³-hybridized carbons (Fsp3) is 0.189. The summed E-state index contributed by atoms with van der Waals surface area (Å²) in [6.07, 6.45) is 0. The minimum absolute atomic E-state index is 0.0764. The lowest BCUT2D eigenvalue weighted by Gasteiger charge is -2.46. The first-order valence-electron chi connectivity index (χ1n) is 44.8. The number of benzene rings is 15. The van der Waals surface area contributed by atoms with Crippen LogP contribution in [0.5, 0.6) is 0 Å². The Labute approximate surface area is 691 Å². The van der Waals surface area contributed by atoms with Crippen molar-refractivity contribution in [3.63, 3.8) is 0 Å². The van der Waals surface area contributed by atoms with E-state index in [4.69, 9.17) is 0 Å². The molecule has 0 unspecified atom stereocenters. The van der Waals surface area contributed by atoms with Crippen molar-refractivity contribution in [1.82, 2.24) is 4.57 Å². The molecule has 4 aliphatic rings. The van der Waals surface area contributed by atoms with Gasteiger partial charge in [-0.05, 0) is 209 Å². The molecule has 0 N–H and O–H groups in total. The third kappa shape index (κ3) is 11.3. The first-order valence-corrected chi connectivity index (χ1v) is 40.8. The van der Waals surface area contributed by atoms with Gasteiger partial charge < -0.3 is 14.4 Å². The van der Waals surface area contributed by atoms with Crippen LogP contribution in [-0.2, 0) is 32.5 Å². The van der Waals surface area contributed by atoms with Gasteiger partial charge in [0.25, 0.3) is 6.71 Å². The van der Waals surface area contributed by atoms with Gasteiger partial charge in [-0.1, -0.05) is 371 Å². The summed E-state index contributed by atoms with van der Waals surface area (Å²) in [4.78, 5) is 5.21. The van der Waals surface area contributed by atoms with Crippen molar-refractivity contribution in [2.24, 2.45) is 0 Å². The van der Waals surface area contributed by atoms with E-state index in [1.807, 2.05) is 24.3 Å². The first-order chi connectivity index (χ1) is 58.5. The van der Waals surface area contributed by atoms with Crippen LogP contribution in [0.25, 0.3) is 105 Å². The van der Waals surface area contributed by atoms with Crippen LogP contribution >= 0.6 is 0 Å². The van der Waals surface area contributed by atoms with Gasteiger partial charge in [0.15, 0.2) is 0 Å². The second-order valence-corrected chi connectivity index (χ2v) is 37.5. The number of aromatic nitrogens is 1. The molecular weight excluding hydrogens is 1390 g/mol. The molecule has 20 rings (SSSR count).